The molecule has 0 aliphatic carbocycles. The van der Waals surface area contributed by atoms with Crippen molar-refractivity contribution in [2.24, 2.45) is 7.05 Å². The van der Waals surface area contributed by atoms with Crippen LogP contribution in [0.25, 0.3) is 10.9 Å². The molecule has 1 amide bonds. The number of nitrogens with zero attached hydrogens (tertiary/aromatic N) is 4. The summed E-state index contributed by atoms with van der Waals surface area (Å²) < 4.78 is 4.01. The smallest absolute Gasteiger partial charge is 0.325 e. The molecule has 0 fully saturated rings. The second-order valence-electron chi connectivity index (χ2n) is 6.15. The molecule has 0 unspecified atom stereocenters. The molecule has 0 radical (unpaired) electrons. The second-order valence-corrected chi connectivity index (χ2v) is 6.15. The van der Waals surface area contributed by atoms with Crippen molar-refractivity contribution in [3.05, 3.63) is 57.5 Å². The molecule has 1 aromatic carbocycles. The number of nitrogens with one attached hydrogen (secondary N) is 1. The van der Waals surface area contributed by atoms with E-state index in [0.29, 0.717) is 5.69 Å². The number of fused-ring (bicyclic) bond motifs is 1. The van der Waals surface area contributed by atoms with E-state index in [1.807, 2.05) is 36.9 Å². The average Bonchev–Trinajstić information content (AvgIpc) is 2.99. The number of rotatable bonds is 4. The predicted molar refractivity (Wildman–Crippen MR) is 94.7 cm³/mol. The van der Waals surface area contributed by atoms with Gasteiger partial charge in [0.15, 0.2) is 0 Å². The molecule has 130 valence electrons. The van der Waals surface area contributed by atoms with Crippen LogP contribution in [0.1, 0.15) is 19.9 Å². The van der Waals surface area contributed by atoms with Crippen LogP contribution >= 0.6 is 0 Å². The summed E-state index contributed by atoms with van der Waals surface area (Å²) in [5, 5.41) is 8.14. The normalized spacial score (nSPS) is 11.2. The molecule has 0 bridgehead atoms. The maximum atomic E-state index is 12.2. The molecule has 8 nitrogen and oxygen atoms in total. The van der Waals surface area contributed by atoms with E-state index in [1.54, 1.807) is 6.07 Å². The lowest BCUT2D eigenvalue weighted by molar-refractivity contribution is -0.116. The zero-order valence-corrected chi connectivity index (χ0v) is 14.3. The molecule has 3 rings (SSSR count). The number of amides is 1. The lowest BCUT2D eigenvalue weighted by Gasteiger charge is -2.08. The summed E-state index contributed by atoms with van der Waals surface area (Å²) in [7, 11) is 1.37. The van der Waals surface area contributed by atoms with Crippen molar-refractivity contribution in [2.75, 3.05) is 5.32 Å². The number of carbonyl (C=O) groups excluding carboxylic acids is 1. The molecule has 2 aromatic heterocycles. The lowest BCUT2D eigenvalue weighted by Crippen LogP contribution is -2.38. The van der Waals surface area contributed by atoms with E-state index >= 15 is 0 Å². The van der Waals surface area contributed by atoms with Crippen molar-refractivity contribution in [3.63, 3.8) is 0 Å². The minimum atomic E-state index is -0.531. The highest BCUT2D eigenvalue weighted by atomic mass is 16.2. The van der Waals surface area contributed by atoms with Gasteiger partial charge in [-0.25, -0.2) is 4.79 Å². The van der Waals surface area contributed by atoms with Gasteiger partial charge in [0.25, 0.3) is 5.56 Å². The van der Waals surface area contributed by atoms with E-state index in [-0.39, 0.29) is 18.5 Å². The van der Waals surface area contributed by atoms with Crippen LogP contribution in [0.4, 0.5) is 5.69 Å². The number of aromatic nitrogens is 4. The highest BCUT2D eigenvalue weighted by Crippen LogP contribution is 2.19. The van der Waals surface area contributed by atoms with Crippen molar-refractivity contribution in [3.8, 4) is 0 Å². The highest BCUT2D eigenvalue weighted by Gasteiger charge is 2.09. The third-order valence-electron chi connectivity index (χ3n) is 3.91. The van der Waals surface area contributed by atoms with Crippen LogP contribution in [-0.4, -0.2) is 24.8 Å². The highest BCUT2D eigenvalue weighted by molar-refractivity contribution is 5.93. The first-order valence-corrected chi connectivity index (χ1v) is 7.90. The summed E-state index contributed by atoms with van der Waals surface area (Å²) in [6.45, 7) is 3.91. The van der Waals surface area contributed by atoms with E-state index in [2.05, 4.69) is 10.4 Å². The van der Waals surface area contributed by atoms with Crippen molar-refractivity contribution in [2.45, 2.75) is 26.4 Å². The zero-order valence-electron chi connectivity index (χ0n) is 14.3. The van der Waals surface area contributed by atoms with Gasteiger partial charge in [-0.3, -0.25) is 23.4 Å². The molecule has 25 heavy (non-hydrogen) atoms. The van der Waals surface area contributed by atoms with Gasteiger partial charge in [-0.2, -0.15) is 5.10 Å². The van der Waals surface area contributed by atoms with Gasteiger partial charge in [0.05, 0.1) is 5.52 Å². The van der Waals surface area contributed by atoms with Crippen LogP contribution in [-0.2, 0) is 18.4 Å². The zero-order chi connectivity index (χ0) is 18.1. The molecule has 0 aliphatic rings. The number of carbonyl (C=O) groups is 1. The van der Waals surface area contributed by atoms with Gasteiger partial charge < -0.3 is 5.32 Å². The quantitative estimate of drug-likeness (QED) is 0.770. The maximum Gasteiger partial charge on any atom is 0.331 e. The van der Waals surface area contributed by atoms with Crippen LogP contribution < -0.4 is 16.6 Å². The summed E-state index contributed by atoms with van der Waals surface area (Å²) in [4.78, 5) is 35.5. The van der Waals surface area contributed by atoms with Crippen LogP contribution in [0.5, 0.6) is 0 Å². The van der Waals surface area contributed by atoms with Crippen molar-refractivity contribution < 1.29 is 4.79 Å². The number of hydrogen-bond acceptors (Lipinski definition) is 4. The first-order chi connectivity index (χ1) is 11.8. The second kappa shape index (κ2) is 6.39. The Bertz CT molecular complexity index is 1060. The van der Waals surface area contributed by atoms with Crippen molar-refractivity contribution >= 4 is 22.5 Å². The summed E-state index contributed by atoms with van der Waals surface area (Å²) in [6.07, 6.45) is 3.24. The van der Waals surface area contributed by atoms with E-state index in [4.69, 9.17) is 0 Å². The number of hydrogen-bond donors (Lipinski definition) is 1. The summed E-state index contributed by atoms with van der Waals surface area (Å²) in [5.41, 5.74) is 0.533. The third-order valence-corrected chi connectivity index (χ3v) is 3.91. The Balaban J connectivity index is 1.79. The third kappa shape index (κ3) is 3.37. The minimum absolute atomic E-state index is 0.170. The fraction of sp³-hybridized carbons (Fsp3) is 0.294. The van der Waals surface area contributed by atoms with Gasteiger partial charge in [-0.05, 0) is 32.0 Å². The van der Waals surface area contributed by atoms with E-state index in [0.717, 1.165) is 15.5 Å². The van der Waals surface area contributed by atoms with Crippen LogP contribution in [0.3, 0.4) is 0 Å². The monoisotopic (exact) mass is 341 g/mol. The molecular formula is C17H19N5O3. The fourth-order valence-electron chi connectivity index (χ4n) is 2.48. The van der Waals surface area contributed by atoms with Crippen LogP contribution in [0.15, 0.2) is 46.2 Å². The Hall–Kier alpha value is -3.16. The predicted octanol–water partition coefficient (Wildman–Crippen LogP) is 1.12. The van der Waals surface area contributed by atoms with Gasteiger partial charge >= 0.3 is 5.69 Å². The first kappa shape index (κ1) is 16.7. The van der Waals surface area contributed by atoms with Gasteiger partial charge in [0.1, 0.15) is 6.54 Å². The van der Waals surface area contributed by atoms with Crippen molar-refractivity contribution in [1.82, 2.24) is 18.9 Å². The largest absolute Gasteiger partial charge is 0.331 e. The van der Waals surface area contributed by atoms with Crippen molar-refractivity contribution in [1.29, 1.82) is 0 Å². The number of anilines is 1. The number of benzene rings is 1. The Labute approximate surface area is 143 Å². The molecule has 1 N–H and O–H groups in total. The Kier molecular flexibility index (Phi) is 4.26. The molecule has 0 aliphatic heterocycles. The van der Waals surface area contributed by atoms with E-state index < -0.39 is 11.2 Å². The molecule has 8 heteroatoms. The molecule has 3 aromatic rings. The summed E-state index contributed by atoms with van der Waals surface area (Å²) in [5.74, 6) is -0.351. The summed E-state index contributed by atoms with van der Waals surface area (Å²) in [6, 6.07) is 6.94. The Morgan fingerprint density at radius 2 is 2.00 bits per heavy atom. The first-order valence-electron chi connectivity index (χ1n) is 7.90. The average molecular weight is 341 g/mol. The minimum Gasteiger partial charge on any atom is -0.325 e. The molecule has 0 saturated carbocycles. The van der Waals surface area contributed by atoms with Gasteiger partial charge in [0, 0.05) is 42.6 Å². The molecule has 0 atom stereocenters. The Morgan fingerprint density at radius 1 is 1.24 bits per heavy atom. The van der Waals surface area contributed by atoms with Gasteiger partial charge in [0.2, 0.25) is 5.91 Å². The van der Waals surface area contributed by atoms with Gasteiger partial charge in [-0.1, -0.05) is 0 Å². The van der Waals surface area contributed by atoms with E-state index in [1.165, 1.54) is 23.9 Å². The van der Waals surface area contributed by atoms with Crippen LogP contribution in [0, 0.1) is 0 Å². The van der Waals surface area contributed by atoms with Crippen LogP contribution in [0.2, 0.25) is 0 Å². The molecule has 2 heterocycles. The summed E-state index contributed by atoms with van der Waals surface area (Å²) >= 11 is 0. The van der Waals surface area contributed by atoms with E-state index in [9.17, 15) is 14.4 Å². The lowest BCUT2D eigenvalue weighted by atomic mass is 10.2. The Morgan fingerprint density at radius 3 is 2.72 bits per heavy atom. The molecule has 0 saturated heterocycles. The molecular weight excluding hydrogens is 322 g/mol. The standard InChI is InChI=1S/C17H19N5O3/c1-11(2)22-9-12-8-13(4-5-14(12)19-22)18-15(23)10-21-7-6-16(24)20(3)17(21)25/h4-9,11H,10H2,1-3H3,(H,18,23). The van der Waals surface area contributed by atoms with Gasteiger partial charge in [-0.15, -0.1) is 0 Å². The topological polar surface area (TPSA) is 90.9 Å². The molecule has 0 spiro atoms. The fourth-order valence-corrected chi connectivity index (χ4v) is 2.48. The SMILES string of the molecule is CC(C)n1cc2cc(NC(=O)Cn3ccc(=O)n(C)c3=O)ccc2n1. The maximum absolute atomic E-state index is 12.2.